The van der Waals surface area contributed by atoms with E-state index in [9.17, 15) is 5.11 Å². The van der Waals surface area contributed by atoms with E-state index in [1.165, 1.54) is 5.56 Å². The first-order valence-corrected chi connectivity index (χ1v) is 7.23. The number of ether oxygens (including phenoxy) is 1. The summed E-state index contributed by atoms with van der Waals surface area (Å²) in [6.07, 6.45) is 5.45. The quantitative estimate of drug-likeness (QED) is 0.477. The van der Waals surface area contributed by atoms with Crippen LogP contribution in [0.4, 0.5) is 0 Å². The van der Waals surface area contributed by atoms with E-state index in [1.807, 2.05) is 24.3 Å². The maximum atomic E-state index is 10.2. The zero-order valence-corrected chi connectivity index (χ0v) is 12.0. The molecule has 1 saturated carbocycles. The molecule has 0 spiro atoms. The molecule has 2 N–H and O–H groups in total. The largest absolute Gasteiger partial charge is 0.491 e. The van der Waals surface area contributed by atoms with Crippen LogP contribution < -0.4 is 4.74 Å². The van der Waals surface area contributed by atoms with Crippen molar-refractivity contribution in [3.63, 3.8) is 0 Å². The third-order valence-corrected chi connectivity index (χ3v) is 3.91. The lowest BCUT2D eigenvalue weighted by Crippen LogP contribution is -2.32. The van der Waals surface area contributed by atoms with Crippen LogP contribution in [0.2, 0.25) is 0 Å². The number of rotatable bonds is 6. The molecule has 0 saturated heterocycles. The van der Waals surface area contributed by atoms with Gasteiger partial charge >= 0.3 is 0 Å². The zero-order chi connectivity index (χ0) is 14.4. The van der Waals surface area contributed by atoms with Crippen molar-refractivity contribution in [1.82, 2.24) is 0 Å². The molecule has 4 nitrogen and oxygen atoms in total. The molecule has 4 heteroatoms. The van der Waals surface area contributed by atoms with Gasteiger partial charge in [-0.15, -0.1) is 0 Å². The number of hydrogen-bond donors (Lipinski definition) is 2. The molecule has 0 aliphatic heterocycles. The first-order valence-electron chi connectivity index (χ1n) is 7.23. The normalized spacial score (nSPS) is 18.2. The number of aryl methyl sites for hydroxylation is 1. The van der Waals surface area contributed by atoms with Crippen LogP contribution in [0.3, 0.4) is 0 Å². The Hall–Kier alpha value is -1.55. The fraction of sp³-hybridized carbons (Fsp3) is 0.562. The van der Waals surface area contributed by atoms with E-state index >= 15 is 0 Å². The van der Waals surface area contributed by atoms with Crippen molar-refractivity contribution >= 4 is 5.71 Å². The summed E-state index contributed by atoms with van der Waals surface area (Å²) in [6.45, 7) is 2.18. The number of oxime groups is 1. The molecule has 1 aliphatic carbocycles. The molecule has 0 bridgehead atoms. The molecule has 0 unspecified atom stereocenters. The zero-order valence-electron chi connectivity index (χ0n) is 12.0. The molecule has 0 radical (unpaired) electrons. The monoisotopic (exact) mass is 277 g/mol. The Morgan fingerprint density at radius 3 is 2.50 bits per heavy atom. The predicted octanol–water partition coefficient (Wildman–Crippen LogP) is 3.15. The second-order valence-electron chi connectivity index (χ2n) is 5.70. The van der Waals surface area contributed by atoms with Gasteiger partial charge in [0.2, 0.25) is 0 Å². The first kappa shape index (κ1) is 14.9. The summed E-state index contributed by atoms with van der Waals surface area (Å²) >= 11 is 0. The fourth-order valence-electron chi connectivity index (χ4n) is 2.52. The van der Waals surface area contributed by atoms with Gasteiger partial charge in [-0.3, -0.25) is 0 Å². The molecular weight excluding hydrogens is 254 g/mol. The molecule has 110 valence electrons. The van der Waals surface area contributed by atoms with Crippen molar-refractivity contribution in [2.24, 2.45) is 5.16 Å². The van der Waals surface area contributed by atoms with Crippen LogP contribution in [0, 0.1) is 0 Å². The van der Waals surface area contributed by atoms with Crippen molar-refractivity contribution in [3.05, 3.63) is 29.8 Å². The van der Waals surface area contributed by atoms with Crippen molar-refractivity contribution in [2.45, 2.75) is 51.0 Å². The lowest BCUT2D eigenvalue weighted by atomic mass is 10.0. The van der Waals surface area contributed by atoms with Gasteiger partial charge < -0.3 is 15.1 Å². The Balaban J connectivity index is 1.82. The molecule has 0 amide bonds. The van der Waals surface area contributed by atoms with Crippen molar-refractivity contribution in [3.8, 4) is 5.75 Å². The summed E-state index contributed by atoms with van der Waals surface area (Å²) < 4.78 is 5.68. The van der Waals surface area contributed by atoms with Gasteiger partial charge in [0, 0.05) is 0 Å². The van der Waals surface area contributed by atoms with Crippen LogP contribution in [-0.4, -0.2) is 28.2 Å². The molecule has 1 aromatic rings. The summed E-state index contributed by atoms with van der Waals surface area (Å²) in [5.74, 6) is 0.793. The number of aliphatic hydroxyl groups is 1. The molecule has 0 aromatic heterocycles. The van der Waals surface area contributed by atoms with E-state index in [0.717, 1.165) is 50.0 Å². The van der Waals surface area contributed by atoms with E-state index in [2.05, 4.69) is 5.16 Å². The third-order valence-electron chi connectivity index (χ3n) is 3.91. The standard InChI is InChI=1S/C16H23NO3/c1-13(17-19)4-5-14-6-8-15(9-7-14)20-12-16(18)10-2-3-11-16/h6-9,18-19H,2-5,10-12H2,1H3. The van der Waals surface area contributed by atoms with Crippen LogP contribution in [0.1, 0.15) is 44.6 Å². The van der Waals surface area contributed by atoms with Crippen molar-refractivity contribution in [1.29, 1.82) is 0 Å². The van der Waals surface area contributed by atoms with E-state index in [4.69, 9.17) is 9.94 Å². The summed E-state index contributed by atoms with van der Waals surface area (Å²) in [5, 5.41) is 22.0. The minimum atomic E-state index is -0.632. The lowest BCUT2D eigenvalue weighted by Gasteiger charge is -2.22. The van der Waals surface area contributed by atoms with Gasteiger partial charge in [-0.1, -0.05) is 30.1 Å². The Kier molecular flexibility index (Phi) is 5.01. The van der Waals surface area contributed by atoms with Crippen LogP contribution in [0.25, 0.3) is 0 Å². The first-order chi connectivity index (χ1) is 9.61. The lowest BCUT2D eigenvalue weighted by molar-refractivity contribution is 0.00140. The highest BCUT2D eigenvalue weighted by molar-refractivity contribution is 5.81. The number of benzene rings is 1. The maximum Gasteiger partial charge on any atom is 0.119 e. The summed E-state index contributed by atoms with van der Waals surface area (Å²) in [7, 11) is 0. The minimum Gasteiger partial charge on any atom is -0.491 e. The second kappa shape index (κ2) is 6.75. The summed E-state index contributed by atoms with van der Waals surface area (Å²) in [4.78, 5) is 0. The van der Waals surface area contributed by atoms with E-state index in [-0.39, 0.29) is 0 Å². The van der Waals surface area contributed by atoms with Gasteiger partial charge in [-0.05, 0) is 50.3 Å². The molecular formula is C16H23NO3. The predicted molar refractivity (Wildman–Crippen MR) is 78.6 cm³/mol. The van der Waals surface area contributed by atoms with Gasteiger partial charge in [0.15, 0.2) is 0 Å². The van der Waals surface area contributed by atoms with Gasteiger partial charge in [-0.25, -0.2) is 0 Å². The molecule has 1 aliphatic rings. The Morgan fingerprint density at radius 2 is 1.90 bits per heavy atom. The highest BCUT2D eigenvalue weighted by atomic mass is 16.5. The van der Waals surface area contributed by atoms with E-state index < -0.39 is 5.60 Å². The van der Waals surface area contributed by atoms with Crippen LogP contribution in [0.15, 0.2) is 29.4 Å². The van der Waals surface area contributed by atoms with Gasteiger partial charge in [0.1, 0.15) is 12.4 Å². The van der Waals surface area contributed by atoms with E-state index in [0.29, 0.717) is 6.61 Å². The molecule has 20 heavy (non-hydrogen) atoms. The Bertz CT molecular complexity index is 447. The Morgan fingerprint density at radius 1 is 1.25 bits per heavy atom. The summed E-state index contributed by atoms with van der Waals surface area (Å²) in [6, 6.07) is 7.88. The minimum absolute atomic E-state index is 0.378. The van der Waals surface area contributed by atoms with Crippen LogP contribution in [-0.2, 0) is 6.42 Å². The van der Waals surface area contributed by atoms with E-state index in [1.54, 1.807) is 6.92 Å². The van der Waals surface area contributed by atoms with Crippen LogP contribution in [0.5, 0.6) is 5.75 Å². The number of hydrogen-bond acceptors (Lipinski definition) is 4. The highest BCUT2D eigenvalue weighted by Gasteiger charge is 2.31. The van der Waals surface area contributed by atoms with Crippen molar-refractivity contribution in [2.75, 3.05) is 6.61 Å². The SMILES string of the molecule is CC(CCc1ccc(OCC2(O)CCCC2)cc1)=NO. The third kappa shape index (κ3) is 4.23. The molecule has 1 aromatic carbocycles. The smallest absolute Gasteiger partial charge is 0.119 e. The van der Waals surface area contributed by atoms with Gasteiger partial charge in [-0.2, -0.15) is 0 Å². The Labute approximate surface area is 120 Å². The van der Waals surface area contributed by atoms with Crippen molar-refractivity contribution < 1.29 is 15.1 Å². The average Bonchev–Trinajstić information content (AvgIpc) is 2.91. The molecule has 0 heterocycles. The highest BCUT2D eigenvalue weighted by Crippen LogP contribution is 2.30. The maximum absolute atomic E-state index is 10.2. The number of nitrogens with zero attached hydrogens (tertiary/aromatic N) is 1. The fourth-order valence-corrected chi connectivity index (χ4v) is 2.52. The van der Waals surface area contributed by atoms with Gasteiger partial charge in [0.05, 0.1) is 11.3 Å². The average molecular weight is 277 g/mol. The molecule has 0 atom stereocenters. The molecule has 2 rings (SSSR count). The van der Waals surface area contributed by atoms with Gasteiger partial charge in [0.25, 0.3) is 0 Å². The van der Waals surface area contributed by atoms with Crippen LogP contribution >= 0.6 is 0 Å². The summed E-state index contributed by atoms with van der Waals surface area (Å²) in [5.41, 5.74) is 1.28. The molecule has 1 fully saturated rings. The topological polar surface area (TPSA) is 62.0 Å². The second-order valence-corrected chi connectivity index (χ2v) is 5.70.